The Hall–Kier alpha value is -1.16. The SMILES string of the molecule is Cc1cccc(C(O)c2ccc(Br)c3ccccc23)c1Br. The largest absolute Gasteiger partial charge is 0.384 e. The molecule has 3 heteroatoms. The summed E-state index contributed by atoms with van der Waals surface area (Å²) in [6, 6.07) is 18.0. The van der Waals surface area contributed by atoms with Gasteiger partial charge < -0.3 is 5.11 Å². The van der Waals surface area contributed by atoms with Gasteiger partial charge in [0.15, 0.2) is 0 Å². The van der Waals surface area contributed by atoms with Crippen LogP contribution in [0.2, 0.25) is 0 Å². The molecule has 1 atom stereocenters. The molecular formula is C18H14Br2O. The summed E-state index contributed by atoms with van der Waals surface area (Å²) in [5.74, 6) is 0. The highest BCUT2D eigenvalue weighted by Crippen LogP contribution is 2.36. The van der Waals surface area contributed by atoms with Crippen LogP contribution >= 0.6 is 31.9 Å². The van der Waals surface area contributed by atoms with Crippen LogP contribution in [0.25, 0.3) is 10.8 Å². The molecule has 0 heterocycles. The molecule has 21 heavy (non-hydrogen) atoms. The van der Waals surface area contributed by atoms with Crippen LogP contribution in [-0.4, -0.2) is 5.11 Å². The number of aryl methyl sites for hydroxylation is 1. The van der Waals surface area contributed by atoms with E-state index in [1.165, 1.54) is 0 Å². The van der Waals surface area contributed by atoms with Crippen LogP contribution in [0.4, 0.5) is 0 Å². The van der Waals surface area contributed by atoms with Gasteiger partial charge in [-0.3, -0.25) is 0 Å². The van der Waals surface area contributed by atoms with Gasteiger partial charge in [-0.25, -0.2) is 0 Å². The summed E-state index contributed by atoms with van der Waals surface area (Å²) in [4.78, 5) is 0. The van der Waals surface area contributed by atoms with E-state index in [0.29, 0.717) is 0 Å². The first-order valence-electron chi connectivity index (χ1n) is 6.70. The van der Waals surface area contributed by atoms with E-state index in [-0.39, 0.29) is 0 Å². The smallest absolute Gasteiger partial charge is 0.106 e. The summed E-state index contributed by atoms with van der Waals surface area (Å²) in [5.41, 5.74) is 2.93. The number of hydrogen-bond acceptors (Lipinski definition) is 1. The monoisotopic (exact) mass is 404 g/mol. The summed E-state index contributed by atoms with van der Waals surface area (Å²) in [6.07, 6.45) is -0.655. The molecule has 3 rings (SSSR count). The Morgan fingerprint density at radius 2 is 1.52 bits per heavy atom. The summed E-state index contributed by atoms with van der Waals surface area (Å²) >= 11 is 7.16. The summed E-state index contributed by atoms with van der Waals surface area (Å²) in [7, 11) is 0. The van der Waals surface area contributed by atoms with Gasteiger partial charge in [0.2, 0.25) is 0 Å². The lowest BCUT2D eigenvalue weighted by molar-refractivity contribution is 0.221. The molecule has 3 aromatic carbocycles. The topological polar surface area (TPSA) is 20.2 Å². The van der Waals surface area contributed by atoms with Gasteiger partial charge in [-0.2, -0.15) is 0 Å². The molecule has 0 saturated carbocycles. The van der Waals surface area contributed by atoms with Gasteiger partial charge in [0.25, 0.3) is 0 Å². The Morgan fingerprint density at radius 3 is 2.29 bits per heavy atom. The molecule has 106 valence electrons. The molecular weight excluding hydrogens is 392 g/mol. The third kappa shape index (κ3) is 2.66. The van der Waals surface area contributed by atoms with Crippen molar-refractivity contribution in [2.24, 2.45) is 0 Å². The van der Waals surface area contributed by atoms with E-state index >= 15 is 0 Å². The minimum absolute atomic E-state index is 0.655. The molecule has 0 aromatic heterocycles. The van der Waals surface area contributed by atoms with Crippen molar-refractivity contribution in [1.29, 1.82) is 0 Å². The first kappa shape index (κ1) is 14.8. The molecule has 0 fully saturated rings. The van der Waals surface area contributed by atoms with Crippen molar-refractivity contribution in [3.63, 3.8) is 0 Å². The van der Waals surface area contributed by atoms with Crippen molar-refractivity contribution in [2.45, 2.75) is 13.0 Å². The van der Waals surface area contributed by atoms with E-state index < -0.39 is 6.10 Å². The van der Waals surface area contributed by atoms with Gasteiger partial charge in [0.05, 0.1) is 0 Å². The van der Waals surface area contributed by atoms with Gasteiger partial charge in [-0.1, -0.05) is 80.4 Å². The highest BCUT2D eigenvalue weighted by molar-refractivity contribution is 9.11. The summed E-state index contributed by atoms with van der Waals surface area (Å²) in [5, 5.41) is 13.0. The van der Waals surface area contributed by atoms with Crippen LogP contribution in [0.3, 0.4) is 0 Å². The highest BCUT2D eigenvalue weighted by Gasteiger charge is 2.17. The number of hydrogen-bond donors (Lipinski definition) is 1. The normalized spacial score (nSPS) is 12.6. The Balaban J connectivity index is 2.21. The molecule has 1 N–H and O–H groups in total. The average Bonchev–Trinajstić information content (AvgIpc) is 2.50. The van der Waals surface area contributed by atoms with Gasteiger partial charge in [-0.15, -0.1) is 0 Å². The lowest BCUT2D eigenvalue weighted by Gasteiger charge is -2.17. The highest BCUT2D eigenvalue weighted by atomic mass is 79.9. The minimum Gasteiger partial charge on any atom is -0.384 e. The van der Waals surface area contributed by atoms with E-state index in [1.807, 2.05) is 55.5 Å². The quantitative estimate of drug-likeness (QED) is 0.574. The number of halogens is 2. The van der Waals surface area contributed by atoms with Crippen molar-refractivity contribution in [3.05, 3.63) is 80.2 Å². The van der Waals surface area contributed by atoms with E-state index in [0.717, 1.165) is 36.4 Å². The Bertz CT molecular complexity index is 811. The van der Waals surface area contributed by atoms with E-state index in [1.54, 1.807) is 0 Å². The maximum absolute atomic E-state index is 10.8. The van der Waals surface area contributed by atoms with Gasteiger partial charge in [0, 0.05) is 8.95 Å². The number of rotatable bonds is 2. The lowest BCUT2D eigenvalue weighted by Crippen LogP contribution is -2.02. The maximum atomic E-state index is 10.8. The second kappa shape index (κ2) is 5.91. The van der Waals surface area contributed by atoms with Crippen molar-refractivity contribution >= 4 is 42.6 Å². The molecule has 0 amide bonds. The number of aliphatic hydroxyl groups is 1. The summed E-state index contributed by atoms with van der Waals surface area (Å²) < 4.78 is 2.00. The van der Waals surface area contributed by atoms with Gasteiger partial charge >= 0.3 is 0 Å². The number of fused-ring (bicyclic) bond motifs is 1. The minimum atomic E-state index is -0.655. The predicted molar refractivity (Wildman–Crippen MR) is 94.6 cm³/mol. The van der Waals surface area contributed by atoms with Crippen LogP contribution < -0.4 is 0 Å². The first-order valence-corrected chi connectivity index (χ1v) is 8.28. The van der Waals surface area contributed by atoms with Gasteiger partial charge in [0.1, 0.15) is 6.10 Å². The second-order valence-corrected chi connectivity index (χ2v) is 6.71. The third-order valence-electron chi connectivity index (χ3n) is 3.72. The van der Waals surface area contributed by atoms with Crippen molar-refractivity contribution in [3.8, 4) is 0 Å². The van der Waals surface area contributed by atoms with Crippen molar-refractivity contribution in [2.75, 3.05) is 0 Å². The van der Waals surface area contributed by atoms with E-state index in [4.69, 9.17) is 0 Å². The molecule has 3 aromatic rings. The fourth-order valence-electron chi connectivity index (χ4n) is 2.57. The van der Waals surface area contributed by atoms with Crippen LogP contribution in [0, 0.1) is 6.92 Å². The molecule has 0 bridgehead atoms. The van der Waals surface area contributed by atoms with Crippen LogP contribution in [0.1, 0.15) is 22.8 Å². The number of aliphatic hydroxyl groups excluding tert-OH is 1. The molecule has 0 radical (unpaired) electrons. The van der Waals surface area contributed by atoms with Crippen molar-refractivity contribution in [1.82, 2.24) is 0 Å². The molecule has 1 nitrogen and oxygen atoms in total. The maximum Gasteiger partial charge on any atom is 0.106 e. The molecule has 0 saturated heterocycles. The fraction of sp³-hybridized carbons (Fsp3) is 0.111. The fourth-order valence-corrected chi connectivity index (χ4v) is 3.53. The van der Waals surface area contributed by atoms with E-state index in [2.05, 4.69) is 37.9 Å². The Morgan fingerprint density at radius 1 is 0.810 bits per heavy atom. The van der Waals surface area contributed by atoms with E-state index in [9.17, 15) is 5.11 Å². The third-order valence-corrected chi connectivity index (χ3v) is 5.49. The molecule has 0 aliphatic heterocycles. The van der Waals surface area contributed by atoms with Crippen LogP contribution in [0.5, 0.6) is 0 Å². The zero-order chi connectivity index (χ0) is 15.0. The zero-order valence-corrected chi connectivity index (χ0v) is 14.6. The molecule has 0 aliphatic rings. The summed E-state index contributed by atoms with van der Waals surface area (Å²) in [6.45, 7) is 2.03. The standard InChI is InChI=1S/C18H14Br2O/c1-11-5-4-8-15(17(11)20)18(21)14-9-10-16(19)13-7-3-2-6-12(13)14/h2-10,18,21H,1H3. The Labute approximate surface area is 140 Å². The average molecular weight is 406 g/mol. The van der Waals surface area contributed by atoms with Crippen molar-refractivity contribution < 1.29 is 5.11 Å². The Kier molecular flexibility index (Phi) is 4.16. The predicted octanol–water partition coefficient (Wildman–Crippen LogP) is 5.75. The molecule has 0 spiro atoms. The van der Waals surface area contributed by atoms with Crippen LogP contribution in [-0.2, 0) is 0 Å². The first-order chi connectivity index (χ1) is 10.1. The second-order valence-electron chi connectivity index (χ2n) is 5.06. The lowest BCUT2D eigenvalue weighted by atomic mass is 9.95. The number of benzene rings is 3. The van der Waals surface area contributed by atoms with Crippen LogP contribution in [0.15, 0.2) is 63.5 Å². The zero-order valence-electron chi connectivity index (χ0n) is 11.5. The van der Waals surface area contributed by atoms with Gasteiger partial charge in [-0.05, 0) is 40.5 Å². The molecule has 0 aliphatic carbocycles. The molecule has 1 unspecified atom stereocenters.